The number of anilines is 1. The Kier molecular flexibility index (Phi) is 4.35. The number of hydrogen-bond acceptors (Lipinski definition) is 2. The first kappa shape index (κ1) is 11.2. The summed E-state index contributed by atoms with van der Waals surface area (Å²) < 4.78 is 0. The molecule has 0 saturated heterocycles. The summed E-state index contributed by atoms with van der Waals surface area (Å²) in [5, 5.41) is 0. The van der Waals surface area contributed by atoms with E-state index in [0.29, 0.717) is 0 Å². The van der Waals surface area contributed by atoms with Gasteiger partial charge in [0.2, 0.25) is 0 Å². The molecule has 1 aromatic heterocycles. The van der Waals surface area contributed by atoms with Crippen molar-refractivity contribution in [2.45, 2.75) is 13.8 Å². The first-order valence-electron chi connectivity index (χ1n) is 5.12. The molecule has 2 nitrogen and oxygen atoms in total. The van der Waals surface area contributed by atoms with Crippen LogP contribution in [-0.2, 0) is 0 Å². The maximum absolute atomic E-state index is 5.68. The second kappa shape index (κ2) is 5.81. The van der Waals surface area contributed by atoms with Crippen LogP contribution >= 0.6 is 0 Å². The summed E-state index contributed by atoms with van der Waals surface area (Å²) in [7, 11) is 0. The molecule has 0 amide bonds. The first-order chi connectivity index (χ1) is 7.36. The summed E-state index contributed by atoms with van der Waals surface area (Å²) in [4.78, 5) is 3.96. The molecular formula is C13H16N2. The highest BCUT2D eigenvalue weighted by molar-refractivity contribution is 5.66. The standard InChI is InChI=1S/C11H10N2.C2H6/c12-11-3-1-2-10(8-11)9-4-6-13-7-5-9;1-2/h1-8H,12H2;1-2H3. The van der Waals surface area contributed by atoms with Crippen molar-refractivity contribution < 1.29 is 0 Å². The van der Waals surface area contributed by atoms with Gasteiger partial charge in [-0.15, -0.1) is 0 Å². The van der Waals surface area contributed by atoms with Gasteiger partial charge in [0, 0.05) is 18.1 Å². The minimum absolute atomic E-state index is 0.786. The summed E-state index contributed by atoms with van der Waals surface area (Å²) in [5.41, 5.74) is 8.73. The number of hydrogen-bond donors (Lipinski definition) is 1. The van der Waals surface area contributed by atoms with Crippen molar-refractivity contribution in [3.8, 4) is 11.1 Å². The topological polar surface area (TPSA) is 38.9 Å². The third-order valence-corrected chi connectivity index (χ3v) is 1.90. The Labute approximate surface area is 90.8 Å². The minimum Gasteiger partial charge on any atom is -0.399 e. The van der Waals surface area contributed by atoms with Crippen LogP contribution < -0.4 is 5.73 Å². The molecule has 0 aliphatic heterocycles. The lowest BCUT2D eigenvalue weighted by atomic mass is 10.1. The van der Waals surface area contributed by atoms with Gasteiger partial charge in [0.1, 0.15) is 0 Å². The van der Waals surface area contributed by atoms with Crippen LogP contribution in [0.4, 0.5) is 5.69 Å². The Morgan fingerprint density at radius 2 is 1.60 bits per heavy atom. The van der Waals surface area contributed by atoms with Crippen LogP contribution in [-0.4, -0.2) is 4.98 Å². The highest BCUT2D eigenvalue weighted by Gasteiger charge is 1.95. The Morgan fingerprint density at radius 1 is 0.933 bits per heavy atom. The van der Waals surface area contributed by atoms with Gasteiger partial charge in [-0.3, -0.25) is 4.98 Å². The highest BCUT2D eigenvalue weighted by atomic mass is 14.6. The van der Waals surface area contributed by atoms with Crippen molar-refractivity contribution in [3.63, 3.8) is 0 Å². The highest BCUT2D eigenvalue weighted by Crippen LogP contribution is 2.19. The normalized spacial score (nSPS) is 8.93. The molecule has 78 valence electrons. The molecule has 0 atom stereocenters. The Balaban J connectivity index is 0.000000531. The molecule has 2 aromatic rings. The van der Waals surface area contributed by atoms with Gasteiger partial charge in [-0.1, -0.05) is 26.0 Å². The predicted octanol–water partition coefficient (Wildman–Crippen LogP) is 3.36. The quantitative estimate of drug-likeness (QED) is 0.717. The first-order valence-corrected chi connectivity index (χ1v) is 5.12. The van der Waals surface area contributed by atoms with E-state index < -0.39 is 0 Å². The van der Waals surface area contributed by atoms with Crippen molar-refractivity contribution in [1.29, 1.82) is 0 Å². The summed E-state index contributed by atoms with van der Waals surface area (Å²) in [6.45, 7) is 4.00. The van der Waals surface area contributed by atoms with E-state index in [1.165, 1.54) is 0 Å². The molecular weight excluding hydrogens is 184 g/mol. The van der Waals surface area contributed by atoms with Crippen LogP contribution in [0.25, 0.3) is 11.1 Å². The minimum atomic E-state index is 0.786. The molecule has 15 heavy (non-hydrogen) atoms. The molecule has 2 heteroatoms. The Bertz CT molecular complexity index is 396. The number of nitrogens with zero attached hydrogens (tertiary/aromatic N) is 1. The fourth-order valence-corrected chi connectivity index (χ4v) is 1.26. The lowest BCUT2D eigenvalue weighted by Crippen LogP contribution is -1.84. The molecule has 1 aromatic carbocycles. The number of rotatable bonds is 1. The Morgan fingerprint density at radius 3 is 2.20 bits per heavy atom. The maximum Gasteiger partial charge on any atom is 0.0320 e. The maximum atomic E-state index is 5.68. The van der Waals surface area contributed by atoms with Crippen LogP contribution in [0, 0.1) is 0 Å². The molecule has 0 aliphatic rings. The number of pyridine rings is 1. The van der Waals surface area contributed by atoms with Gasteiger partial charge in [-0.05, 0) is 35.4 Å². The van der Waals surface area contributed by atoms with E-state index in [9.17, 15) is 0 Å². The zero-order chi connectivity index (χ0) is 11.1. The van der Waals surface area contributed by atoms with E-state index >= 15 is 0 Å². The number of nitrogens with two attached hydrogens (primary N) is 1. The lowest BCUT2D eigenvalue weighted by Gasteiger charge is -2.01. The van der Waals surface area contributed by atoms with Crippen molar-refractivity contribution in [2.75, 3.05) is 5.73 Å². The summed E-state index contributed by atoms with van der Waals surface area (Å²) in [6.07, 6.45) is 3.55. The van der Waals surface area contributed by atoms with E-state index in [-0.39, 0.29) is 0 Å². The molecule has 0 unspecified atom stereocenters. The number of benzene rings is 1. The van der Waals surface area contributed by atoms with Crippen LogP contribution in [0.1, 0.15) is 13.8 Å². The second-order valence-electron chi connectivity index (χ2n) is 2.86. The number of nitrogen functional groups attached to an aromatic ring is 1. The lowest BCUT2D eigenvalue weighted by molar-refractivity contribution is 1.33. The molecule has 1 heterocycles. The summed E-state index contributed by atoms with van der Waals surface area (Å²) in [6, 6.07) is 11.8. The average molecular weight is 200 g/mol. The molecule has 0 radical (unpaired) electrons. The molecule has 0 bridgehead atoms. The van der Waals surface area contributed by atoms with E-state index in [0.717, 1.165) is 16.8 Å². The third-order valence-electron chi connectivity index (χ3n) is 1.90. The summed E-state index contributed by atoms with van der Waals surface area (Å²) >= 11 is 0. The third kappa shape index (κ3) is 3.09. The van der Waals surface area contributed by atoms with E-state index in [1.54, 1.807) is 12.4 Å². The summed E-state index contributed by atoms with van der Waals surface area (Å²) in [5.74, 6) is 0. The van der Waals surface area contributed by atoms with Gasteiger partial charge < -0.3 is 5.73 Å². The predicted molar refractivity (Wildman–Crippen MR) is 65.4 cm³/mol. The Hall–Kier alpha value is -1.83. The van der Waals surface area contributed by atoms with Crippen molar-refractivity contribution in [1.82, 2.24) is 4.98 Å². The van der Waals surface area contributed by atoms with Gasteiger partial charge in [0.05, 0.1) is 0 Å². The van der Waals surface area contributed by atoms with Crippen molar-refractivity contribution >= 4 is 5.69 Å². The van der Waals surface area contributed by atoms with Crippen LogP contribution in [0.2, 0.25) is 0 Å². The smallest absolute Gasteiger partial charge is 0.0320 e. The van der Waals surface area contributed by atoms with Gasteiger partial charge >= 0.3 is 0 Å². The average Bonchev–Trinajstić information content (AvgIpc) is 2.33. The number of aromatic nitrogens is 1. The van der Waals surface area contributed by atoms with Gasteiger partial charge in [0.15, 0.2) is 0 Å². The van der Waals surface area contributed by atoms with Gasteiger partial charge in [-0.25, -0.2) is 0 Å². The van der Waals surface area contributed by atoms with Gasteiger partial charge in [-0.2, -0.15) is 0 Å². The van der Waals surface area contributed by atoms with Gasteiger partial charge in [0.25, 0.3) is 0 Å². The zero-order valence-corrected chi connectivity index (χ0v) is 9.14. The van der Waals surface area contributed by atoms with E-state index in [1.807, 2.05) is 50.2 Å². The molecule has 0 spiro atoms. The molecule has 2 N–H and O–H groups in total. The van der Waals surface area contributed by atoms with E-state index in [2.05, 4.69) is 4.98 Å². The monoisotopic (exact) mass is 200 g/mol. The van der Waals surface area contributed by atoms with Crippen LogP contribution in [0.5, 0.6) is 0 Å². The zero-order valence-electron chi connectivity index (χ0n) is 9.14. The fraction of sp³-hybridized carbons (Fsp3) is 0.154. The molecule has 0 fully saturated rings. The van der Waals surface area contributed by atoms with Crippen LogP contribution in [0.15, 0.2) is 48.8 Å². The second-order valence-corrected chi connectivity index (χ2v) is 2.86. The van der Waals surface area contributed by atoms with Crippen LogP contribution in [0.3, 0.4) is 0 Å². The van der Waals surface area contributed by atoms with Crippen molar-refractivity contribution in [3.05, 3.63) is 48.8 Å². The molecule has 0 aliphatic carbocycles. The largest absolute Gasteiger partial charge is 0.399 e. The van der Waals surface area contributed by atoms with E-state index in [4.69, 9.17) is 5.73 Å². The molecule has 2 rings (SSSR count). The molecule has 0 saturated carbocycles. The SMILES string of the molecule is CC.Nc1cccc(-c2ccncc2)c1. The fourth-order valence-electron chi connectivity index (χ4n) is 1.26. The van der Waals surface area contributed by atoms with Crippen molar-refractivity contribution in [2.24, 2.45) is 0 Å².